The Hall–Kier alpha value is -0.380. The summed E-state index contributed by atoms with van der Waals surface area (Å²) in [7, 11) is 0. The summed E-state index contributed by atoms with van der Waals surface area (Å²) in [4.78, 5) is 1.49. The molecule has 1 aliphatic rings. The molecule has 0 radical (unpaired) electrons. The zero-order valence-corrected chi connectivity index (χ0v) is 8.44. The van der Waals surface area contributed by atoms with Crippen LogP contribution in [0.1, 0.15) is 34.9 Å². The van der Waals surface area contributed by atoms with E-state index in [4.69, 9.17) is 10.8 Å². The predicted octanol–water partition coefficient (Wildman–Crippen LogP) is 1.62. The zero-order chi connectivity index (χ0) is 9.26. The van der Waals surface area contributed by atoms with E-state index >= 15 is 0 Å². The van der Waals surface area contributed by atoms with Crippen LogP contribution in [0, 0.1) is 0 Å². The van der Waals surface area contributed by atoms with Crippen molar-refractivity contribution < 1.29 is 5.11 Å². The molecule has 1 aromatic rings. The number of nitrogens with two attached hydrogens (primary N) is 1. The maximum Gasteiger partial charge on any atom is 0.0624 e. The maximum atomic E-state index is 8.99. The molecule has 0 bridgehead atoms. The molecule has 0 aromatic carbocycles. The summed E-state index contributed by atoms with van der Waals surface area (Å²) in [6.07, 6.45) is 4.94. The van der Waals surface area contributed by atoms with Crippen LogP contribution >= 0.6 is 11.3 Å². The molecular formula is C10H15NOS. The fourth-order valence-electron chi connectivity index (χ4n) is 1.93. The quantitative estimate of drug-likeness (QED) is 0.756. The highest BCUT2D eigenvalue weighted by molar-refractivity contribution is 7.10. The molecule has 2 rings (SSSR count). The van der Waals surface area contributed by atoms with Gasteiger partial charge in [0, 0.05) is 4.88 Å². The van der Waals surface area contributed by atoms with E-state index < -0.39 is 0 Å². The van der Waals surface area contributed by atoms with E-state index in [1.165, 1.54) is 35.3 Å². The summed E-state index contributed by atoms with van der Waals surface area (Å²) < 4.78 is 0. The van der Waals surface area contributed by atoms with E-state index in [-0.39, 0.29) is 12.6 Å². The van der Waals surface area contributed by atoms with Gasteiger partial charge < -0.3 is 10.8 Å². The first-order chi connectivity index (χ1) is 6.33. The van der Waals surface area contributed by atoms with Gasteiger partial charge in [-0.15, -0.1) is 11.3 Å². The molecule has 0 saturated carbocycles. The van der Waals surface area contributed by atoms with Gasteiger partial charge in [-0.1, -0.05) is 0 Å². The molecule has 13 heavy (non-hydrogen) atoms. The molecule has 1 heterocycles. The Bertz CT molecular complexity index is 295. The van der Waals surface area contributed by atoms with Gasteiger partial charge >= 0.3 is 0 Å². The van der Waals surface area contributed by atoms with Crippen LogP contribution < -0.4 is 5.73 Å². The van der Waals surface area contributed by atoms with Crippen molar-refractivity contribution in [1.29, 1.82) is 0 Å². The van der Waals surface area contributed by atoms with Crippen LogP contribution in [0.4, 0.5) is 0 Å². The van der Waals surface area contributed by atoms with Crippen LogP contribution in [0.5, 0.6) is 0 Å². The Balaban J connectivity index is 2.31. The van der Waals surface area contributed by atoms with Crippen molar-refractivity contribution in [2.24, 2.45) is 5.73 Å². The topological polar surface area (TPSA) is 46.2 Å². The third kappa shape index (κ3) is 1.64. The highest BCUT2D eigenvalue weighted by Gasteiger charge is 2.18. The van der Waals surface area contributed by atoms with E-state index in [0.29, 0.717) is 0 Å². The largest absolute Gasteiger partial charge is 0.394 e. The SMILES string of the molecule is N[C@@H](CO)c1csc2c1CCCC2. The molecule has 1 atom stereocenters. The molecule has 0 aliphatic heterocycles. The second-order valence-corrected chi connectivity index (χ2v) is 4.55. The van der Waals surface area contributed by atoms with Gasteiger partial charge in [-0.3, -0.25) is 0 Å². The third-order valence-corrected chi connectivity index (χ3v) is 3.80. The monoisotopic (exact) mass is 197 g/mol. The van der Waals surface area contributed by atoms with Gasteiger partial charge in [0.05, 0.1) is 12.6 Å². The van der Waals surface area contributed by atoms with Crippen LogP contribution in [-0.4, -0.2) is 11.7 Å². The Morgan fingerprint density at radius 3 is 3.00 bits per heavy atom. The summed E-state index contributed by atoms with van der Waals surface area (Å²) in [6, 6.07) is -0.168. The van der Waals surface area contributed by atoms with Crippen molar-refractivity contribution >= 4 is 11.3 Å². The van der Waals surface area contributed by atoms with Gasteiger partial charge in [0.15, 0.2) is 0 Å². The summed E-state index contributed by atoms with van der Waals surface area (Å²) in [6.45, 7) is 0.0587. The second-order valence-electron chi connectivity index (χ2n) is 3.59. The van der Waals surface area contributed by atoms with Crippen molar-refractivity contribution in [1.82, 2.24) is 0 Å². The average molecular weight is 197 g/mol. The van der Waals surface area contributed by atoms with Crippen molar-refractivity contribution in [3.63, 3.8) is 0 Å². The van der Waals surface area contributed by atoms with Gasteiger partial charge in [0.1, 0.15) is 0 Å². The first kappa shape index (κ1) is 9.19. The Morgan fingerprint density at radius 1 is 1.46 bits per heavy atom. The zero-order valence-electron chi connectivity index (χ0n) is 7.62. The summed E-state index contributed by atoms with van der Waals surface area (Å²) in [5.41, 5.74) is 8.43. The lowest BCUT2D eigenvalue weighted by Crippen LogP contribution is -2.16. The minimum atomic E-state index is -0.168. The van der Waals surface area contributed by atoms with E-state index in [1.54, 1.807) is 11.3 Å². The summed E-state index contributed by atoms with van der Waals surface area (Å²) in [5, 5.41) is 11.1. The molecule has 2 nitrogen and oxygen atoms in total. The fourth-order valence-corrected chi connectivity index (χ4v) is 3.14. The molecule has 0 amide bonds. The predicted molar refractivity (Wildman–Crippen MR) is 55.0 cm³/mol. The Labute approximate surface area is 82.4 Å². The number of hydrogen-bond acceptors (Lipinski definition) is 3. The van der Waals surface area contributed by atoms with Crippen molar-refractivity contribution in [3.05, 3.63) is 21.4 Å². The number of aryl methyl sites for hydroxylation is 1. The van der Waals surface area contributed by atoms with Crippen LogP contribution in [-0.2, 0) is 12.8 Å². The van der Waals surface area contributed by atoms with Crippen LogP contribution in [0.3, 0.4) is 0 Å². The van der Waals surface area contributed by atoms with Gasteiger partial charge in [0.2, 0.25) is 0 Å². The standard InChI is InChI=1S/C10H15NOS/c11-9(5-12)8-6-13-10-4-2-1-3-7(8)10/h6,9,12H,1-5,11H2/t9-/m0/s1. The molecular weight excluding hydrogens is 182 g/mol. The normalized spacial score (nSPS) is 18.3. The minimum Gasteiger partial charge on any atom is -0.394 e. The molecule has 0 spiro atoms. The lowest BCUT2D eigenvalue weighted by Gasteiger charge is -2.15. The van der Waals surface area contributed by atoms with Gasteiger partial charge in [-0.2, -0.15) is 0 Å². The van der Waals surface area contributed by atoms with Gasteiger partial charge in [-0.05, 0) is 42.2 Å². The lowest BCUT2D eigenvalue weighted by atomic mass is 9.93. The molecule has 1 aliphatic carbocycles. The van der Waals surface area contributed by atoms with Crippen LogP contribution in [0.15, 0.2) is 5.38 Å². The smallest absolute Gasteiger partial charge is 0.0624 e. The summed E-state index contributed by atoms with van der Waals surface area (Å²) >= 11 is 1.80. The van der Waals surface area contributed by atoms with E-state index in [2.05, 4.69) is 5.38 Å². The number of thiophene rings is 1. The maximum absolute atomic E-state index is 8.99. The number of aliphatic hydroxyl groups is 1. The van der Waals surface area contributed by atoms with Crippen LogP contribution in [0.2, 0.25) is 0 Å². The number of fused-ring (bicyclic) bond motifs is 1. The van der Waals surface area contributed by atoms with Crippen LogP contribution in [0.25, 0.3) is 0 Å². The first-order valence-electron chi connectivity index (χ1n) is 4.78. The Kier molecular flexibility index (Phi) is 2.67. The summed E-state index contributed by atoms with van der Waals surface area (Å²) in [5.74, 6) is 0. The van der Waals surface area contributed by atoms with Crippen molar-refractivity contribution in [3.8, 4) is 0 Å². The highest BCUT2D eigenvalue weighted by Crippen LogP contribution is 2.32. The van der Waals surface area contributed by atoms with Crippen molar-refractivity contribution in [2.45, 2.75) is 31.7 Å². The second kappa shape index (κ2) is 3.78. The lowest BCUT2D eigenvalue weighted by molar-refractivity contribution is 0.267. The molecule has 0 unspecified atom stereocenters. The molecule has 3 heteroatoms. The highest BCUT2D eigenvalue weighted by atomic mass is 32.1. The van der Waals surface area contributed by atoms with Gasteiger partial charge in [-0.25, -0.2) is 0 Å². The third-order valence-electron chi connectivity index (χ3n) is 2.69. The molecule has 0 saturated heterocycles. The molecule has 1 aromatic heterocycles. The number of aliphatic hydroxyl groups excluding tert-OH is 1. The molecule has 0 fully saturated rings. The van der Waals surface area contributed by atoms with E-state index in [1.807, 2.05) is 0 Å². The number of hydrogen-bond donors (Lipinski definition) is 2. The van der Waals surface area contributed by atoms with E-state index in [9.17, 15) is 0 Å². The molecule has 3 N–H and O–H groups in total. The number of rotatable bonds is 2. The van der Waals surface area contributed by atoms with Gasteiger partial charge in [0.25, 0.3) is 0 Å². The average Bonchev–Trinajstić information content (AvgIpc) is 2.60. The first-order valence-corrected chi connectivity index (χ1v) is 5.66. The van der Waals surface area contributed by atoms with E-state index in [0.717, 1.165) is 6.42 Å². The minimum absolute atomic E-state index is 0.0587. The van der Waals surface area contributed by atoms with Crippen molar-refractivity contribution in [2.75, 3.05) is 6.61 Å². The fraction of sp³-hybridized carbons (Fsp3) is 0.600. The molecule has 72 valence electrons. The Morgan fingerprint density at radius 2 is 2.23 bits per heavy atom.